The van der Waals surface area contributed by atoms with E-state index in [4.69, 9.17) is 5.11 Å². The highest BCUT2D eigenvalue weighted by Crippen LogP contribution is 2.35. The molecule has 9 heteroatoms. The SMILES string of the molecule is CCC[C@H](NC(=O)C(F)(F)C(F)(F)F)C(=O)O. The minimum absolute atomic E-state index is 0.203. The largest absolute Gasteiger partial charge is 0.480 e. The second kappa shape index (κ2) is 5.28. The van der Waals surface area contributed by atoms with E-state index in [-0.39, 0.29) is 12.8 Å². The number of rotatable bonds is 5. The molecule has 2 N–H and O–H groups in total. The van der Waals surface area contributed by atoms with Crippen LogP contribution in [0.25, 0.3) is 0 Å². The predicted molar refractivity (Wildman–Crippen MR) is 45.5 cm³/mol. The van der Waals surface area contributed by atoms with E-state index in [1.54, 1.807) is 0 Å². The molecule has 0 aliphatic carbocycles. The molecular weight excluding hydrogens is 253 g/mol. The van der Waals surface area contributed by atoms with Crippen LogP contribution in [0.1, 0.15) is 19.8 Å². The van der Waals surface area contributed by atoms with Crippen LogP contribution < -0.4 is 5.32 Å². The van der Waals surface area contributed by atoms with E-state index in [0.29, 0.717) is 0 Å². The molecule has 0 aliphatic heterocycles. The molecule has 0 saturated heterocycles. The fourth-order valence-electron chi connectivity index (χ4n) is 0.924. The maximum atomic E-state index is 12.5. The van der Waals surface area contributed by atoms with Gasteiger partial charge >= 0.3 is 24.0 Å². The number of aliphatic carboxylic acids is 1. The standard InChI is InChI=1S/C8H10F5NO3/c1-2-3-4(5(15)16)14-6(17)7(9,10)8(11,12)13/h4H,2-3H2,1H3,(H,14,17)(H,15,16)/t4-/m0/s1. The number of hydrogen-bond acceptors (Lipinski definition) is 2. The van der Waals surface area contributed by atoms with E-state index >= 15 is 0 Å². The Kier molecular flexibility index (Phi) is 4.84. The van der Waals surface area contributed by atoms with Crippen molar-refractivity contribution in [3.63, 3.8) is 0 Å². The molecule has 0 aromatic rings. The second-order valence-corrected chi connectivity index (χ2v) is 3.23. The molecule has 100 valence electrons. The van der Waals surface area contributed by atoms with E-state index in [9.17, 15) is 31.5 Å². The van der Waals surface area contributed by atoms with Gasteiger partial charge in [-0.2, -0.15) is 22.0 Å². The van der Waals surface area contributed by atoms with Gasteiger partial charge < -0.3 is 10.4 Å². The highest BCUT2D eigenvalue weighted by Gasteiger charge is 2.63. The molecule has 1 atom stereocenters. The summed E-state index contributed by atoms with van der Waals surface area (Å²) >= 11 is 0. The molecule has 0 unspecified atom stereocenters. The van der Waals surface area contributed by atoms with Crippen molar-refractivity contribution in [2.24, 2.45) is 0 Å². The predicted octanol–water partition coefficient (Wildman–Crippen LogP) is 1.55. The smallest absolute Gasteiger partial charge is 0.463 e. The van der Waals surface area contributed by atoms with Gasteiger partial charge in [0.2, 0.25) is 0 Å². The summed E-state index contributed by atoms with van der Waals surface area (Å²) in [5, 5.41) is 9.64. The highest BCUT2D eigenvalue weighted by atomic mass is 19.4. The van der Waals surface area contributed by atoms with Crippen LogP contribution in [0.15, 0.2) is 0 Å². The zero-order valence-electron chi connectivity index (χ0n) is 8.65. The lowest BCUT2D eigenvalue weighted by atomic mass is 10.1. The summed E-state index contributed by atoms with van der Waals surface area (Å²) in [5.41, 5.74) is 0. The third kappa shape index (κ3) is 3.82. The van der Waals surface area contributed by atoms with Gasteiger partial charge in [0, 0.05) is 0 Å². The molecule has 0 aromatic heterocycles. The molecule has 0 heterocycles. The monoisotopic (exact) mass is 263 g/mol. The summed E-state index contributed by atoms with van der Waals surface area (Å²) in [6.45, 7) is 1.49. The lowest BCUT2D eigenvalue weighted by Crippen LogP contribution is -2.54. The van der Waals surface area contributed by atoms with Gasteiger partial charge in [-0.1, -0.05) is 13.3 Å². The van der Waals surface area contributed by atoms with Gasteiger partial charge in [0.15, 0.2) is 0 Å². The third-order valence-electron chi connectivity index (χ3n) is 1.82. The quantitative estimate of drug-likeness (QED) is 0.739. The first-order chi connectivity index (χ1) is 7.54. The Labute approximate surface area is 92.8 Å². The van der Waals surface area contributed by atoms with Crippen molar-refractivity contribution in [2.45, 2.75) is 37.9 Å². The van der Waals surface area contributed by atoms with Gasteiger partial charge in [0.05, 0.1) is 0 Å². The number of alkyl halides is 5. The van der Waals surface area contributed by atoms with Crippen LogP contribution in [0.3, 0.4) is 0 Å². The van der Waals surface area contributed by atoms with Crippen LogP contribution in [0.2, 0.25) is 0 Å². The molecule has 0 spiro atoms. The first-order valence-corrected chi connectivity index (χ1v) is 4.52. The third-order valence-corrected chi connectivity index (χ3v) is 1.82. The molecule has 17 heavy (non-hydrogen) atoms. The molecule has 1 amide bonds. The number of carboxylic acids is 1. The minimum Gasteiger partial charge on any atom is -0.480 e. The first-order valence-electron chi connectivity index (χ1n) is 4.52. The number of amides is 1. The van der Waals surface area contributed by atoms with Crippen LogP contribution in [-0.4, -0.2) is 35.1 Å². The van der Waals surface area contributed by atoms with Crippen LogP contribution in [0.5, 0.6) is 0 Å². The number of carboxylic acid groups (broad SMARTS) is 1. The maximum absolute atomic E-state index is 12.5. The Balaban J connectivity index is 4.78. The number of halogens is 5. The molecule has 0 aliphatic rings. The molecule has 0 bridgehead atoms. The highest BCUT2D eigenvalue weighted by molar-refractivity contribution is 5.88. The average Bonchev–Trinajstić information content (AvgIpc) is 2.14. The van der Waals surface area contributed by atoms with E-state index < -0.39 is 30.0 Å². The van der Waals surface area contributed by atoms with Crippen molar-refractivity contribution < 1.29 is 36.6 Å². The Morgan fingerprint density at radius 2 is 1.71 bits per heavy atom. The van der Waals surface area contributed by atoms with Gasteiger partial charge in [-0.25, -0.2) is 4.79 Å². The Morgan fingerprint density at radius 1 is 1.24 bits per heavy atom. The molecule has 0 radical (unpaired) electrons. The van der Waals surface area contributed by atoms with Crippen molar-refractivity contribution >= 4 is 11.9 Å². The minimum atomic E-state index is -6.05. The van der Waals surface area contributed by atoms with Crippen molar-refractivity contribution in [1.29, 1.82) is 0 Å². The van der Waals surface area contributed by atoms with Gasteiger partial charge in [0.25, 0.3) is 0 Å². The first kappa shape index (κ1) is 15.6. The number of nitrogens with one attached hydrogen (secondary N) is 1. The van der Waals surface area contributed by atoms with E-state index in [1.807, 2.05) is 0 Å². The lowest BCUT2D eigenvalue weighted by molar-refractivity contribution is -0.270. The molecule has 0 rings (SSSR count). The van der Waals surface area contributed by atoms with Crippen molar-refractivity contribution in [2.75, 3.05) is 0 Å². The van der Waals surface area contributed by atoms with Crippen LogP contribution in [0.4, 0.5) is 22.0 Å². The van der Waals surface area contributed by atoms with Crippen LogP contribution in [0, 0.1) is 0 Å². The zero-order chi connectivity index (χ0) is 13.9. The van der Waals surface area contributed by atoms with Crippen molar-refractivity contribution in [3.05, 3.63) is 0 Å². The van der Waals surface area contributed by atoms with Gasteiger partial charge in [-0.3, -0.25) is 4.79 Å². The Hall–Kier alpha value is -1.41. The second-order valence-electron chi connectivity index (χ2n) is 3.23. The summed E-state index contributed by atoms with van der Waals surface area (Å²) in [6, 6.07) is -1.76. The zero-order valence-corrected chi connectivity index (χ0v) is 8.65. The average molecular weight is 263 g/mol. The summed E-state index contributed by atoms with van der Waals surface area (Å²) in [4.78, 5) is 21.1. The van der Waals surface area contributed by atoms with Crippen LogP contribution in [-0.2, 0) is 9.59 Å². The van der Waals surface area contributed by atoms with Gasteiger partial charge in [-0.15, -0.1) is 0 Å². The van der Waals surface area contributed by atoms with Crippen molar-refractivity contribution in [1.82, 2.24) is 5.32 Å². The summed E-state index contributed by atoms with van der Waals surface area (Å²) in [6.07, 6.45) is -6.09. The topological polar surface area (TPSA) is 66.4 Å². The number of carbonyl (C=O) groups excluding carboxylic acids is 1. The Bertz CT molecular complexity index is 302. The number of hydrogen-bond donors (Lipinski definition) is 2. The molecular formula is C8H10F5NO3. The Morgan fingerprint density at radius 3 is 2.00 bits per heavy atom. The fraction of sp³-hybridized carbons (Fsp3) is 0.750. The van der Waals surface area contributed by atoms with E-state index in [2.05, 4.69) is 0 Å². The molecule has 0 aromatic carbocycles. The van der Waals surface area contributed by atoms with E-state index in [1.165, 1.54) is 6.92 Å². The van der Waals surface area contributed by atoms with E-state index in [0.717, 1.165) is 5.32 Å². The summed E-state index contributed by atoms with van der Waals surface area (Å²) in [5.74, 6) is -9.93. The summed E-state index contributed by atoms with van der Waals surface area (Å²) < 4.78 is 60.2. The molecule has 0 fully saturated rings. The molecule has 0 saturated carbocycles. The maximum Gasteiger partial charge on any atom is 0.463 e. The fourth-order valence-corrected chi connectivity index (χ4v) is 0.924. The summed E-state index contributed by atoms with van der Waals surface area (Å²) in [7, 11) is 0. The van der Waals surface area contributed by atoms with Gasteiger partial charge in [0.1, 0.15) is 6.04 Å². The van der Waals surface area contributed by atoms with Crippen LogP contribution >= 0.6 is 0 Å². The van der Waals surface area contributed by atoms with Crippen molar-refractivity contribution in [3.8, 4) is 0 Å². The molecule has 4 nitrogen and oxygen atoms in total. The lowest BCUT2D eigenvalue weighted by Gasteiger charge is -2.21. The number of carbonyl (C=O) groups is 2. The van der Waals surface area contributed by atoms with Gasteiger partial charge in [-0.05, 0) is 6.42 Å². The normalized spacial score (nSPS) is 14.2.